The summed E-state index contributed by atoms with van der Waals surface area (Å²) in [6.45, 7) is 0. The van der Waals surface area contributed by atoms with E-state index in [1.807, 2.05) is 0 Å². The molecule has 0 N–H and O–H groups in total. The smallest absolute Gasteiger partial charge is 0.0620 e. The Bertz CT molecular complexity index is 1970. The minimum Gasteiger partial charge on any atom is -0.0620 e. The molecule has 0 fully saturated rings. The summed E-state index contributed by atoms with van der Waals surface area (Å²) in [6, 6.07) is 84.8. The zero-order valence-electron chi connectivity index (χ0n) is 29.0. The van der Waals surface area contributed by atoms with Crippen molar-refractivity contribution in [2.45, 2.75) is 0 Å². The van der Waals surface area contributed by atoms with Crippen molar-refractivity contribution in [3.05, 3.63) is 242 Å². The zero-order chi connectivity index (χ0) is 35.1. The van der Waals surface area contributed by atoms with E-state index >= 15 is 0 Å². The first kappa shape index (κ1) is 33.5. The van der Waals surface area contributed by atoms with Gasteiger partial charge in [0.25, 0.3) is 0 Å². The topological polar surface area (TPSA) is 0 Å². The minimum atomic E-state index is -2.12. The molecule has 2 heteroatoms. The molecule has 0 aliphatic carbocycles. The van der Waals surface area contributed by atoms with E-state index in [1.165, 1.54) is 53.6 Å². The molecule has 0 saturated heterocycles. The Morgan fingerprint density at radius 3 is 0.558 bits per heavy atom. The predicted octanol–water partition coefficient (Wildman–Crippen LogP) is 9.10. The summed E-state index contributed by atoms with van der Waals surface area (Å²) < 4.78 is 0. The summed E-state index contributed by atoms with van der Waals surface area (Å²) >= 11 is 0. The van der Waals surface area contributed by atoms with Crippen LogP contribution in [0.3, 0.4) is 0 Å². The summed E-state index contributed by atoms with van der Waals surface area (Å²) in [4.78, 5) is 0. The van der Waals surface area contributed by atoms with Crippen molar-refractivity contribution in [3.63, 3.8) is 0 Å². The van der Waals surface area contributed by atoms with Gasteiger partial charge in [-0.2, -0.15) is 0 Å². The van der Waals surface area contributed by atoms with E-state index in [1.54, 1.807) is 0 Å². The molecule has 0 aromatic heterocycles. The quantitative estimate of drug-likeness (QED) is 0.0986. The minimum absolute atomic E-state index is 1.18. The van der Waals surface area contributed by atoms with Gasteiger partial charge in [0, 0.05) is 0 Å². The molecule has 0 aliphatic heterocycles. The molecule has 0 radical (unpaired) electrons. The van der Waals surface area contributed by atoms with Crippen LogP contribution < -0.4 is 42.4 Å². The van der Waals surface area contributed by atoms with Crippen LogP contribution in [0, 0.1) is 0 Å². The molecule has 0 spiro atoms. The lowest BCUT2D eigenvalue weighted by Crippen LogP contribution is -2.38. The van der Waals surface area contributed by atoms with Gasteiger partial charge >= 0.3 is 0 Å². The largest absolute Gasteiger partial charge is 0.144 e. The number of hydrogen-bond donors (Lipinski definition) is 0. The van der Waals surface area contributed by atoms with Gasteiger partial charge in [0.2, 0.25) is 0 Å². The zero-order valence-corrected chi connectivity index (χ0v) is 30.8. The van der Waals surface area contributed by atoms with Crippen molar-refractivity contribution < 1.29 is 0 Å². The van der Waals surface area contributed by atoms with Crippen LogP contribution in [0.15, 0.2) is 231 Å². The van der Waals surface area contributed by atoms with Gasteiger partial charge in [-0.15, -0.1) is 0 Å². The molecule has 8 rings (SSSR count). The second-order valence-corrected chi connectivity index (χ2v) is 19.7. The fourth-order valence-electron chi connectivity index (χ4n) is 7.51. The Hall–Kier alpha value is -5.64. The second-order valence-electron chi connectivity index (χ2n) is 12.9. The van der Waals surface area contributed by atoms with Crippen LogP contribution in [0.25, 0.3) is 12.2 Å². The third kappa shape index (κ3) is 6.27. The van der Waals surface area contributed by atoms with E-state index < -0.39 is 14.5 Å². The van der Waals surface area contributed by atoms with Crippen molar-refractivity contribution in [2.75, 3.05) is 0 Å². The summed E-state index contributed by atoms with van der Waals surface area (Å²) in [6.07, 6.45) is 4.47. The molecular formula is C50H40P2+2. The third-order valence-electron chi connectivity index (χ3n) is 9.89. The van der Waals surface area contributed by atoms with E-state index in [-0.39, 0.29) is 0 Å². The Morgan fingerprint density at radius 2 is 0.365 bits per heavy atom. The fourth-order valence-corrected chi connectivity index (χ4v) is 16.0. The summed E-state index contributed by atoms with van der Waals surface area (Å²) in [5.41, 5.74) is 2.36. The molecule has 52 heavy (non-hydrogen) atoms. The molecule has 8 aromatic rings. The van der Waals surface area contributed by atoms with Gasteiger partial charge in [-0.05, 0) is 108 Å². The highest BCUT2D eigenvalue weighted by atomic mass is 31.2. The van der Waals surface area contributed by atoms with E-state index in [0.29, 0.717) is 0 Å². The standard InChI is InChI=1S/C50H40P2/c1-7-19-43(20-8-1)51(44-21-9-2-10-22-44,45-23-11-3-12-24-45)49-37-33-41(34-38-49)31-32-42-35-39-50(40-36-42)52(46-25-13-4-14-26-46,47-27-15-5-16-28-47)48-29-17-6-18-30-48/h1-40H/q+2/b32-31+. The van der Waals surface area contributed by atoms with Crippen LogP contribution >= 0.6 is 14.5 Å². The van der Waals surface area contributed by atoms with Gasteiger partial charge in [-0.3, -0.25) is 0 Å². The predicted molar refractivity (Wildman–Crippen MR) is 231 cm³/mol. The Balaban J connectivity index is 1.16. The van der Waals surface area contributed by atoms with Gasteiger partial charge in [0.1, 0.15) is 57.0 Å². The summed E-state index contributed by atoms with van der Waals surface area (Å²) in [5.74, 6) is 0. The highest BCUT2D eigenvalue weighted by Gasteiger charge is 2.48. The van der Waals surface area contributed by atoms with Crippen molar-refractivity contribution in [3.8, 4) is 0 Å². The van der Waals surface area contributed by atoms with Gasteiger partial charge < -0.3 is 0 Å². The maximum Gasteiger partial charge on any atom is 0.144 e. The second kappa shape index (κ2) is 15.3. The lowest BCUT2D eigenvalue weighted by molar-refractivity contribution is 1.67. The number of benzene rings is 8. The summed E-state index contributed by atoms with van der Waals surface area (Å²) in [5, 5.41) is 10.8. The van der Waals surface area contributed by atoms with E-state index in [0.717, 1.165) is 0 Å². The van der Waals surface area contributed by atoms with Gasteiger partial charge in [-0.1, -0.05) is 146 Å². The van der Waals surface area contributed by atoms with Gasteiger partial charge in [0.05, 0.1) is 0 Å². The molecule has 0 nitrogen and oxygen atoms in total. The maximum absolute atomic E-state index is 2.35. The summed E-state index contributed by atoms with van der Waals surface area (Å²) in [7, 11) is -4.24. The van der Waals surface area contributed by atoms with Crippen molar-refractivity contribution in [1.29, 1.82) is 0 Å². The monoisotopic (exact) mass is 702 g/mol. The Labute approximate surface area is 309 Å². The van der Waals surface area contributed by atoms with Crippen LogP contribution in [0.1, 0.15) is 11.1 Å². The van der Waals surface area contributed by atoms with Crippen molar-refractivity contribution >= 4 is 69.1 Å². The average Bonchev–Trinajstić information content (AvgIpc) is 3.24. The molecule has 0 bridgehead atoms. The third-order valence-corrected chi connectivity index (χ3v) is 18.5. The van der Waals surface area contributed by atoms with Crippen LogP contribution in [0.4, 0.5) is 0 Å². The van der Waals surface area contributed by atoms with E-state index in [2.05, 4.69) is 243 Å². The van der Waals surface area contributed by atoms with Crippen LogP contribution in [-0.4, -0.2) is 0 Å². The molecule has 248 valence electrons. The van der Waals surface area contributed by atoms with Crippen LogP contribution in [-0.2, 0) is 0 Å². The molecule has 0 atom stereocenters. The molecule has 0 amide bonds. The SMILES string of the molecule is C(=C\c1ccc([P+](c2ccccc2)(c2ccccc2)c2ccccc2)cc1)/c1ccc([P+](c2ccccc2)(c2ccccc2)c2ccccc2)cc1. The average molecular weight is 703 g/mol. The fraction of sp³-hybridized carbons (Fsp3) is 0. The van der Waals surface area contributed by atoms with Crippen LogP contribution in [0.5, 0.6) is 0 Å². The maximum atomic E-state index is 2.35. The number of rotatable bonds is 10. The van der Waals surface area contributed by atoms with E-state index in [4.69, 9.17) is 0 Å². The highest BCUT2D eigenvalue weighted by molar-refractivity contribution is 8.02. The number of hydrogen-bond acceptors (Lipinski definition) is 0. The molecular weight excluding hydrogens is 662 g/mol. The first-order chi connectivity index (χ1) is 25.8. The first-order valence-electron chi connectivity index (χ1n) is 17.8. The Morgan fingerprint density at radius 1 is 0.192 bits per heavy atom. The lowest BCUT2D eigenvalue weighted by Gasteiger charge is -2.27. The molecule has 0 heterocycles. The molecule has 0 unspecified atom stereocenters. The van der Waals surface area contributed by atoms with Crippen LogP contribution in [0.2, 0.25) is 0 Å². The van der Waals surface area contributed by atoms with Crippen molar-refractivity contribution in [1.82, 2.24) is 0 Å². The lowest BCUT2D eigenvalue weighted by atomic mass is 10.1. The van der Waals surface area contributed by atoms with Gasteiger partial charge in [0.15, 0.2) is 0 Å². The highest BCUT2D eigenvalue weighted by Crippen LogP contribution is 2.55. The normalized spacial score (nSPS) is 11.8. The Kier molecular flexibility index (Phi) is 9.86. The van der Waals surface area contributed by atoms with Crippen molar-refractivity contribution in [2.24, 2.45) is 0 Å². The molecule has 0 aliphatic rings. The van der Waals surface area contributed by atoms with Gasteiger partial charge in [-0.25, -0.2) is 0 Å². The van der Waals surface area contributed by atoms with E-state index in [9.17, 15) is 0 Å². The molecule has 0 saturated carbocycles. The molecule has 8 aromatic carbocycles. The first-order valence-corrected chi connectivity index (χ1v) is 21.4.